The number of benzene rings is 2. The highest BCUT2D eigenvalue weighted by Crippen LogP contribution is 2.38. The average Bonchev–Trinajstić information content (AvgIpc) is 3.36. The van der Waals surface area contributed by atoms with Gasteiger partial charge in [-0.1, -0.05) is 30.3 Å². The summed E-state index contributed by atoms with van der Waals surface area (Å²) in [4.78, 5) is 14.3. The Labute approximate surface area is 159 Å². The molecule has 27 heavy (non-hydrogen) atoms. The van der Waals surface area contributed by atoms with Crippen molar-refractivity contribution >= 4 is 5.91 Å². The van der Waals surface area contributed by atoms with Crippen LogP contribution < -0.4 is 9.47 Å². The predicted molar refractivity (Wildman–Crippen MR) is 102 cm³/mol. The Kier molecular flexibility index (Phi) is 5.30. The first-order chi connectivity index (χ1) is 13.2. The molecule has 142 valence electrons. The molecule has 1 atom stereocenters. The molecule has 0 bridgehead atoms. The third-order valence-corrected chi connectivity index (χ3v) is 5.41. The van der Waals surface area contributed by atoms with Gasteiger partial charge in [-0.2, -0.15) is 0 Å². The molecular formula is C22H25NO4. The van der Waals surface area contributed by atoms with Crippen LogP contribution in [0.4, 0.5) is 0 Å². The van der Waals surface area contributed by atoms with Crippen molar-refractivity contribution in [1.82, 2.24) is 4.90 Å². The van der Waals surface area contributed by atoms with E-state index < -0.39 is 0 Å². The number of carbonyl (C=O) groups excluding carboxylic acids is 1. The normalized spacial score (nSPS) is 21.6. The van der Waals surface area contributed by atoms with Crippen LogP contribution in [0.3, 0.4) is 0 Å². The van der Waals surface area contributed by atoms with Crippen molar-refractivity contribution in [3.63, 3.8) is 0 Å². The Bertz CT molecular complexity index is 754. The maximum Gasteiger partial charge on any atom is 0.260 e. The number of ether oxygens (including phenoxy) is 3. The number of rotatable bonds is 6. The summed E-state index contributed by atoms with van der Waals surface area (Å²) in [7, 11) is 0. The first-order valence-electron chi connectivity index (χ1n) is 9.48. The van der Waals surface area contributed by atoms with E-state index in [1.807, 2.05) is 59.5 Å². The predicted octanol–water partition coefficient (Wildman–Crippen LogP) is 3.28. The highest BCUT2D eigenvalue weighted by molar-refractivity contribution is 5.78. The van der Waals surface area contributed by atoms with Gasteiger partial charge in [0.1, 0.15) is 18.1 Å². The Morgan fingerprint density at radius 3 is 2.44 bits per heavy atom. The second kappa shape index (κ2) is 8.01. The highest BCUT2D eigenvalue weighted by atomic mass is 16.5. The maximum absolute atomic E-state index is 12.4. The van der Waals surface area contributed by atoms with Crippen LogP contribution in [0.1, 0.15) is 18.4 Å². The van der Waals surface area contributed by atoms with Crippen molar-refractivity contribution in [3.8, 4) is 11.5 Å². The average molecular weight is 367 g/mol. The minimum atomic E-state index is 0.0446. The highest BCUT2D eigenvalue weighted by Gasteiger charge is 2.42. The molecule has 2 saturated heterocycles. The standard InChI is InChI=1S/C22H25NO4/c24-21(23-12-10-22(16-23)11-13-25-17-22)15-27-20-8-6-19(7-9-20)26-14-18-4-2-1-3-5-18/h1-9H,10-17H2. The largest absolute Gasteiger partial charge is 0.489 e. The summed E-state index contributed by atoms with van der Waals surface area (Å²) in [5, 5.41) is 0. The van der Waals surface area contributed by atoms with Crippen LogP contribution in [-0.2, 0) is 16.1 Å². The molecule has 5 heteroatoms. The third kappa shape index (κ3) is 4.42. The number of amides is 1. The lowest BCUT2D eigenvalue weighted by molar-refractivity contribution is -0.132. The molecule has 2 aliphatic rings. The van der Waals surface area contributed by atoms with Crippen molar-refractivity contribution < 1.29 is 19.0 Å². The number of nitrogens with zero attached hydrogens (tertiary/aromatic N) is 1. The van der Waals surface area contributed by atoms with Crippen LogP contribution in [0.25, 0.3) is 0 Å². The van der Waals surface area contributed by atoms with Gasteiger partial charge in [-0.25, -0.2) is 0 Å². The molecule has 0 aromatic heterocycles. The number of likely N-dealkylation sites (tertiary alicyclic amines) is 1. The lowest BCUT2D eigenvalue weighted by atomic mass is 9.87. The summed E-state index contributed by atoms with van der Waals surface area (Å²) in [5.74, 6) is 1.50. The van der Waals surface area contributed by atoms with Gasteiger partial charge in [0.2, 0.25) is 0 Å². The van der Waals surface area contributed by atoms with Gasteiger partial charge in [-0.05, 0) is 42.7 Å². The smallest absolute Gasteiger partial charge is 0.260 e. The fourth-order valence-corrected chi connectivity index (χ4v) is 3.73. The molecular weight excluding hydrogens is 342 g/mol. The van der Waals surface area contributed by atoms with E-state index in [9.17, 15) is 4.79 Å². The summed E-state index contributed by atoms with van der Waals surface area (Å²) >= 11 is 0. The van der Waals surface area contributed by atoms with Crippen molar-refractivity contribution in [2.75, 3.05) is 32.9 Å². The zero-order chi connectivity index (χ0) is 18.5. The fraction of sp³-hybridized carbons (Fsp3) is 0.409. The maximum atomic E-state index is 12.4. The summed E-state index contributed by atoms with van der Waals surface area (Å²) in [6.07, 6.45) is 2.09. The molecule has 2 aliphatic heterocycles. The van der Waals surface area contributed by atoms with Gasteiger partial charge in [-0.15, -0.1) is 0 Å². The minimum Gasteiger partial charge on any atom is -0.489 e. The van der Waals surface area contributed by atoms with E-state index in [1.165, 1.54) is 0 Å². The van der Waals surface area contributed by atoms with Gasteiger partial charge in [0.25, 0.3) is 5.91 Å². The van der Waals surface area contributed by atoms with E-state index in [1.54, 1.807) is 0 Å². The Balaban J connectivity index is 1.23. The summed E-state index contributed by atoms with van der Waals surface area (Å²) < 4.78 is 17.0. The van der Waals surface area contributed by atoms with Gasteiger partial charge in [-0.3, -0.25) is 4.79 Å². The van der Waals surface area contributed by atoms with E-state index >= 15 is 0 Å². The summed E-state index contributed by atoms with van der Waals surface area (Å²) in [5.41, 5.74) is 1.31. The molecule has 2 aromatic carbocycles. The third-order valence-electron chi connectivity index (χ3n) is 5.41. The zero-order valence-corrected chi connectivity index (χ0v) is 15.4. The topological polar surface area (TPSA) is 48.0 Å². The number of carbonyl (C=O) groups is 1. The van der Waals surface area contributed by atoms with Crippen LogP contribution in [-0.4, -0.2) is 43.7 Å². The molecule has 1 unspecified atom stereocenters. The SMILES string of the molecule is O=C(COc1ccc(OCc2ccccc2)cc1)N1CCC2(CCOC2)C1. The molecule has 2 aromatic rings. The van der Waals surface area contributed by atoms with Crippen LogP contribution in [0.15, 0.2) is 54.6 Å². The monoisotopic (exact) mass is 367 g/mol. The van der Waals surface area contributed by atoms with E-state index in [4.69, 9.17) is 14.2 Å². The van der Waals surface area contributed by atoms with Gasteiger partial charge in [0.05, 0.1) is 6.61 Å². The number of hydrogen-bond acceptors (Lipinski definition) is 4. The molecule has 2 fully saturated rings. The Morgan fingerprint density at radius 1 is 1.00 bits per heavy atom. The van der Waals surface area contributed by atoms with Crippen LogP contribution in [0, 0.1) is 5.41 Å². The molecule has 2 heterocycles. The van der Waals surface area contributed by atoms with Crippen LogP contribution >= 0.6 is 0 Å². The fourth-order valence-electron chi connectivity index (χ4n) is 3.73. The number of hydrogen-bond donors (Lipinski definition) is 0. The van der Waals surface area contributed by atoms with E-state index in [2.05, 4.69) is 0 Å². The van der Waals surface area contributed by atoms with Crippen molar-refractivity contribution in [1.29, 1.82) is 0 Å². The van der Waals surface area contributed by atoms with Crippen molar-refractivity contribution in [2.24, 2.45) is 5.41 Å². The molecule has 0 aliphatic carbocycles. The van der Waals surface area contributed by atoms with Crippen molar-refractivity contribution in [3.05, 3.63) is 60.2 Å². The second-order valence-corrected chi connectivity index (χ2v) is 7.40. The molecule has 0 radical (unpaired) electrons. The van der Waals surface area contributed by atoms with Crippen molar-refractivity contribution in [2.45, 2.75) is 19.4 Å². The quantitative estimate of drug-likeness (QED) is 0.786. The molecule has 5 nitrogen and oxygen atoms in total. The summed E-state index contributed by atoms with van der Waals surface area (Å²) in [6.45, 7) is 3.79. The van der Waals surface area contributed by atoms with E-state index in [0.29, 0.717) is 12.4 Å². The van der Waals surface area contributed by atoms with Gasteiger partial charge >= 0.3 is 0 Å². The van der Waals surface area contributed by atoms with Crippen LogP contribution in [0.5, 0.6) is 11.5 Å². The Morgan fingerprint density at radius 2 is 1.74 bits per heavy atom. The zero-order valence-electron chi connectivity index (χ0n) is 15.4. The molecule has 0 N–H and O–H groups in total. The van der Waals surface area contributed by atoms with Crippen LogP contribution in [0.2, 0.25) is 0 Å². The van der Waals surface area contributed by atoms with Gasteiger partial charge in [0, 0.05) is 25.1 Å². The first kappa shape index (κ1) is 17.9. The minimum absolute atomic E-state index is 0.0446. The Hall–Kier alpha value is -2.53. The summed E-state index contributed by atoms with van der Waals surface area (Å²) in [6, 6.07) is 17.4. The second-order valence-electron chi connectivity index (χ2n) is 7.40. The molecule has 4 rings (SSSR count). The molecule has 1 spiro atoms. The molecule has 0 saturated carbocycles. The lowest BCUT2D eigenvalue weighted by Crippen LogP contribution is -2.35. The van der Waals surface area contributed by atoms with E-state index in [0.717, 1.165) is 50.5 Å². The lowest BCUT2D eigenvalue weighted by Gasteiger charge is -2.22. The first-order valence-corrected chi connectivity index (χ1v) is 9.48. The van der Waals surface area contributed by atoms with E-state index in [-0.39, 0.29) is 17.9 Å². The molecule has 1 amide bonds. The van der Waals surface area contributed by atoms with Gasteiger partial charge in [0.15, 0.2) is 6.61 Å². The van der Waals surface area contributed by atoms with Gasteiger partial charge < -0.3 is 19.1 Å².